The van der Waals surface area contributed by atoms with Crippen LogP contribution >= 0.6 is 0 Å². The SMILES string of the molecule is CC(C)CC(=O)N1CCCN(c2ccc(NC(=O)c3ccccc3C(F)(F)F)cn2)CC1. The summed E-state index contributed by atoms with van der Waals surface area (Å²) in [5.74, 6) is 0.319. The molecule has 1 fully saturated rings. The molecule has 2 heterocycles. The Bertz CT molecular complexity index is 945. The fraction of sp³-hybridized carbons (Fsp3) is 0.435. The van der Waals surface area contributed by atoms with Crippen LogP contribution in [-0.4, -0.2) is 47.9 Å². The van der Waals surface area contributed by atoms with Crippen molar-refractivity contribution in [3.05, 3.63) is 53.7 Å². The van der Waals surface area contributed by atoms with Crippen LogP contribution in [0.2, 0.25) is 0 Å². The summed E-state index contributed by atoms with van der Waals surface area (Å²) < 4.78 is 39.5. The number of amides is 2. The lowest BCUT2D eigenvalue weighted by Gasteiger charge is -2.23. The van der Waals surface area contributed by atoms with Crippen molar-refractivity contribution in [2.24, 2.45) is 5.92 Å². The van der Waals surface area contributed by atoms with Gasteiger partial charge in [-0.1, -0.05) is 26.0 Å². The standard InChI is InChI=1S/C23H27F3N4O2/c1-16(2)14-21(31)30-11-5-10-29(12-13-30)20-9-8-17(15-27-20)28-22(32)18-6-3-4-7-19(18)23(24,25)26/h3-4,6-9,15-16H,5,10-14H2,1-2H3,(H,28,32). The third-order valence-corrected chi connectivity index (χ3v) is 5.24. The molecule has 1 aromatic carbocycles. The van der Waals surface area contributed by atoms with Gasteiger partial charge in [-0.05, 0) is 36.6 Å². The van der Waals surface area contributed by atoms with Gasteiger partial charge >= 0.3 is 6.18 Å². The van der Waals surface area contributed by atoms with Crippen LogP contribution in [0, 0.1) is 5.92 Å². The highest BCUT2D eigenvalue weighted by molar-refractivity contribution is 6.05. The van der Waals surface area contributed by atoms with Gasteiger partial charge < -0.3 is 15.1 Å². The van der Waals surface area contributed by atoms with Gasteiger partial charge in [-0.25, -0.2) is 4.98 Å². The number of nitrogens with zero attached hydrogens (tertiary/aromatic N) is 3. The highest BCUT2D eigenvalue weighted by atomic mass is 19.4. The molecule has 0 atom stereocenters. The van der Waals surface area contributed by atoms with Crippen LogP contribution in [0.1, 0.15) is 42.6 Å². The lowest BCUT2D eigenvalue weighted by molar-refractivity contribution is -0.138. The molecule has 0 radical (unpaired) electrons. The van der Waals surface area contributed by atoms with E-state index < -0.39 is 23.2 Å². The molecule has 1 saturated heterocycles. The van der Waals surface area contributed by atoms with Crippen molar-refractivity contribution in [2.75, 3.05) is 36.4 Å². The van der Waals surface area contributed by atoms with E-state index in [1.54, 1.807) is 12.1 Å². The lowest BCUT2D eigenvalue weighted by Crippen LogP contribution is -2.35. The summed E-state index contributed by atoms with van der Waals surface area (Å²) in [6.45, 7) is 6.74. The van der Waals surface area contributed by atoms with Gasteiger partial charge in [0, 0.05) is 32.6 Å². The number of halogens is 3. The van der Waals surface area contributed by atoms with Crippen LogP contribution in [0.4, 0.5) is 24.7 Å². The van der Waals surface area contributed by atoms with Crippen molar-refractivity contribution >= 4 is 23.3 Å². The van der Waals surface area contributed by atoms with Gasteiger partial charge in [0.05, 0.1) is 23.0 Å². The summed E-state index contributed by atoms with van der Waals surface area (Å²) in [6.07, 6.45) is -1.84. The first kappa shape index (κ1) is 23.6. The molecule has 0 aliphatic carbocycles. The van der Waals surface area contributed by atoms with Crippen LogP contribution in [0.25, 0.3) is 0 Å². The molecule has 172 valence electrons. The zero-order valence-electron chi connectivity index (χ0n) is 18.2. The van der Waals surface area contributed by atoms with E-state index in [0.717, 1.165) is 25.1 Å². The van der Waals surface area contributed by atoms with E-state index in [2.05, 4.69) is 15.2 Å². The van der Waals surface area contributed by atoms with Crippen LogP contribution < -0.4 is 10.2 Å². The molecule has 2 aromatic rings. The number of carbonyl (C=O) groups excluding carboxylic acids is 2. The van der Waals surface area contributed by atoms with Crippen molar-refractivity contribution in [3.8, 4) is 0 Å². The topological polar surface area (TPSA) is 65.5 Å². The van der Waals surface area contributed by atoms with Crippen molar-refractivity contribution in [3.63, 3.8) is 0 Å². The summed E-state index contributed by atoms with van der Waals surface area (Å²) >= 11 is 0. The number of carbonyl (C=O) groups is 2. The number of pyridine rings is 1. The summed E-state index contributed by atoms with van der Waals surface area (Å²) in [4.78, 5) is 33.0. The average molecular weight is 448 g/mol. The Hall–Kier alpha value is -3.10. The van der Waals surface area contributed by atoms with Crippen molar-refractivity contribution in [1.82, 2.24) is 9.88 Å². The molecule has 1 N–H and O–H groups in total. The van der Waals surface area contributed by atoms with E-state index in [9.17, 15) is 22.8 Å². The van der Waals surface area contributed by atoms with Crippen LogP contribution in [0.5, 0.6) is 0 Å². The van der Waals surface area contributed by atoms with E-state index in [1.807, 2.05) is 18.7 Å². The van der Waals surface area contributed by atoms with E-state index >= 15 is 0 Å². The second kappa shape index (κ2) is 10.0. The van der Waals surface area contributed by atoms with E-state index in [1.165, 1.54) is 18.3 Å². The van der Waals surface area contributed by atoms with Crippen LogP contribution in [0.15, 0.2) is 42.6 Å². The first-order chi connectivity index (χ1) is 15.1. The maximum absolute atomic E-state index is 13.2. The van der Waals surface area contributed by atoms with Gasteiger partial charge in [-0.15, -0.1) is 0 Å². The third kappa shape index (κ3) is 5.99. The summed E-state index contributed by atoms with van der Waals surface area (Å²) in [7, 11) is 0. The molecule has 1 aromatic heterocycles. The minimum absolute atomic E-state index is 0.159. The van der Waals surface area contributed by atoms with Gasteiger partial charge in [0.1, 0.15) is 5.82 Å². The van der Waals surface area contributed by atoms with Crippen LogP contribution in [-0.2, 0) is 11.0 Å². The highest BCUT2D eigenvalue weighted by Crippen LogP contribution is 2.32. The molecule has 6 nitrogen and oxygen atoms in total. The number of alkyl halides is 3. The predicted octanol–water partition coefficient (Wildman–Crippen LogP) is 4.44. The Morgan fingerprint density at radius 2 is 1.81 bits per heavy atom. The van der Waals surface area contributed by atoms with Gasteiger partial charge in [0.25, 0.3) is 5.91 Å². The number of anilines is 2. The number of benzene rings is 1. The number of hydrogen-bond donors (Lipinski definition) is 1. The van der Waals surface area contributed by atoms with Crippen LogP contribution in [0.3, 0.4) is 0 Å². The summed E-state index contributed by atoms with van der Waals surface area (Å²) in [5.41, 5.74) is -1.12. The average Bonchev–Trinajstić information content (AvgIpc) is 3.00. The minimum Gasteiger partial charge on any atom is -0.355 e. The molecule has 1 aliphatic rings. The first-order valence-corrected chi connectivity index (χ1v) is 10.6. The normalized spacial score (nSPS) is 14.9. The molecular weight excluding hydrogens is 421 g/mol. The molecular formula is C23H27F3N4O2. The summed E-state index contributed by atoms with van der Waals surface area (Å²) in [5, 5.41) is 2.48. The zero-order chi connectivity index (χ0) is 23.3. The largest absolute Gasteiger partial charge is 0.417 e. The Balaban J connectivity index is 1.63. The van der Waals surface area contributed by atoms with Gasteiger partial charge in [-0.2, -0.15) is 13.2 Å². The Kier molecular flexibility index (Phi) is 7.37. The van der Waals surface area contributed by atoms with Gasteiger partial charge in [-0.3, -0.25) is 9.59 Å². The fourth-order valence-corrected chi connectivity index (χ4v) is 3.65. The molecule has 0 bridgehead atoms. The maximum atomic E-state index is 13.2. The van der Waals surface area contributed by atoms with Crippen molar-refractivity contribution < 1.29 is 22.8 Å². The number of aromatic nitrogens is 1. The number of hydrogen-bond acceptors (Lipinski definition) is 4. The molecule has 2 amide bonds. The van der Waals surface area contributed by atoms with E-state index in [0.29, 0.717) is 43.5 Å². The molecule has 3 rings (SSSR count). The fourth-order valence-electron chi connectivity index (χ4n) is 3.65. The molecule has 0 unspecified atom stereocenters. The molecule has 0 saturated carbocycles. The van der Waals surface area contributed by atoms with Crippen molar-refractivity contribution in [1.29, 1.82) is 0 Å². The van der Waals surface area contributed by atoms with Gasteiger partial charge in [0.15, 0.2) is 0 Å². The number of rotatable bonds is 5. The van der Waals surface area contributed by atoms with E-state index in [4.69, 9.17) is 0 Å². The van der Waals surface area contributed by atoms with Crippen molar-refractivity contribution in [2.45, 2.75) is 32.9 Å². The number of nitrogens with one attached hydrogen (secondary N) is 1. The molecule has 32 heavy (non-hydrogen) atoms. The Morgan fingerprint density at radius 1 is 1.06 bits per heavy atom. The molecule has 9 heteroatoms. The quantitative estimate of drug-likeness (QED) is 0.735. The molecule has 0 spiro atoms. The predicted molar refractivity (Wildman–Crippen MR) is 116 cm³/mol. The smallest absolute Gasteiger partial charge is 0.355 e. The second-order valence-electron chi connectivity index (χ2n) is 8.22. The lowest BCUT2D eigenvalue weighted by atomic mass is 10.1. The molecule has 1 aliphatic heterocycles. The monoisotopic (exact) mass is 448 g/mol. The Morgan fingerprint density at radius 3 is 2.47 bits per heavy atom. The Labute approximate surface area is 185 Å². The second-order valence-corrected chi connectivity index (χ2v) is 8.22. The van der Waals surface area contributed by atoms with E-state index in [-0.39, 0.29) is 5.91 Å². The maximum Gasteiger partial charge on any atom is 0.417 e. The first-order valence-electron chi connectivity index (χ1n) is 10.6. The third-order valence-electron chi connectivity index (χ3n) is 5.24. The van der Waals surface area contributed by atoms with Gasteiger partial charge in [0.2, 0.25) is 5.91 Å². The highest BCUT2D eigenvalue weighted by Gasteiger charge is 2.34. The minimum atomic E-state index is -4.62. The summed E-state index contributed by atoms with van der Waals surface area (Å²) in [6, 6.07) is 7.99. The zero-order valence-corrected chi connectivity index (χ0v) is 18.2.